The second-order valence-corrected chi connectivity index (χ2v) is 6.94. The normalized spacial score (nSPS) is 19.2. The number of alkyl halides is 3. The van der Waals surface area contributed by atoms with Crippen molar-refractivity contribution in [2.24, 2.45) is 0 Å². The maximum absolute atomic E-state index is 13.1. The van der Waals surface area contributed by atoms with Gasteiger partial charge in [-0.1, -0.05) is 18.2 Å². The summed E-state index contributed by atoms with van der Waals surface area (Å²) in [6, 6.07) is 5.31. The first-order valence-corrected chi connectivity index (χ1v) is 7.93. The quantitative estimate of drug-likeness (QED) is 0.893. The Kier molecular flexibility index (Phi) is 5.42. The van der Waals surface area contributed by atoms with Crippen LogP contribution in [-0.2, 0) is 17.3 Å². The first-order valence-electron chi connectivity index (χ1n) is 7.93. The fourth-order valence-electron chi connectivity index (χ4n) is 2.69. The molecular weight excluding hydrogens is 321 g/mol. The number of carbonyl (C=O) groups is 1. The summed E-state index contributed by atoms with van der Waals surface area (Å²) in [4.78, 5) is 13.7. The lowest BCUT2D eigenvalue weighted by atomic mass is 9.98. The van der Waals surface area contributed by atoms with Crippen LogP contribution in [0, 0.1) is 0 Å². The standard InChI is InChI=1S/C17H23F3N2O2/c1-16(2,3)24-15(23)22-9-8-21-13(11-22)10-12-6-4-5-7-14(12)17(18,19)20/h4-7,13,21H,8-11H2,1-3H3. The number of benzene rings is 1. The average Bonchev–Trinajstić information content (AvgIpc) is 2.45. The van der Waals surface area contributed by atoms with Gasteiger partial charge in [0.25, 0.3) is 0 Å². The number of carbonyl (C=O) groups excluding carboxylic acids is 1. The van der Waals surface area contributed by atoms with Crippen molar-refractivity contribution in [2.45, 2.75) is 45.0 Å². The molecule has 0 saturated carbocycles. The summed E-state index contributed by atoms with van der Waals surface area (Å²) in [5.41, 5.74) is -0.991. The molecule has 0 aliphatic carbocycles. The zero-order valence-corrected chi connectivity index (χ0v) is 14.1. The molecule has 0 aromatic heterocycles. The molecule has 2 rings (SSSR count). The van der Waals surface area contributed by atoms with Crippen LogP contribution in [0.3, 0.4) is 0 Å². The molecular formula is C17H23F3N2O2. The van der Waals surface area contributed by atoms with Gasteiger partial charge < -0.3 is 15.0 Å². The van der Waals surface area contributed by atoms with E-state index in [9.17, 15) is 18.0 Å². The maximum Gasteiger partial charge on any atom is 0.416 e. The first-order chi connectivity index (χ1) is 11.1. The number of halogens is 3. The van der Waals surface area contributed by atoms with Gasteiger partial charge in [-0.25, -0.2) is 4.79 Å². The van der Waals surface area contributed by atoms with E-state index in [1.807, 2.05) is 0 Å². The van der Waals surface area contributed by atoms with Crippen LogP contribution in [-0.4, -0.2) is 42.3 Å². The highest BCUT2D eigenvalue weighted by atomic mass is 19.4. The molecule has 0 radical (unpaired) electrons. The van der Waals surface area contributed by atoms with E-state index in [0.29, 0.717) is 19.6 Å². The molecule has 1 aromatic carbocycles. The van der Waals surface area contributed by atoms with E-state index in [1.54, 1.807) is 31.7 Å². The van der Waals surface area contributed by atoms with E-state index < -0.39 is 23.4 Å². The molecule has 1 N–H and O–H groups in total. The van der Waals surface area contributed by atoms with Crippen molar-refractivity contribution in [1.82, 2.24) is 10.2 Å². The predicted octanol–water partition coefficient (Wildman–Crippen LogP) is 3.46. The first kappa shape index (κ1) is 18.6. The summed E-state index contributed by atoms with van der Waals surface area (Å²) in [6.07, 6.45) is -4.61. The number of rotatable bonds is 2. The molecule has 1 saturated heterocycles. The van der Waals surface area contributed by atoms with Gasteiger partial charge in [0, 0.05) is 25.7 Å². The second kappa shape index (κ2) is 7.01. The van der Waals surface area contributed by atoms with Crippen LogP contribution in [0.15, 0.2) is 24.3 Å². The number of amides is 1. The third-order valence-corrected chi connectivity index (χ3v) is 3.70. The maximum atomic E-state index is 13.1. The van der Waals surface area contributed by atoms with Crippen LogP contribution < -0.4 is 5.32 Å². The number of hydrogen-bond donors (Lipinski definition) is 1. The number of piperazine rings is 1. The van der Waals surface area contributed by atoms with Crippen molar-refractivity contribution < 1.29 is 22.7 Å². The molecule has 1 aromatic rings. The average molecular weight is 344 g/mol. The Morgan fingerprint density at radius 1 is 1.29 bits per heavy atom. The molecule has 1 unspecified atom stereocenters. The van der Waals surface area contributed by atoms with Crippen LogP contribution in [0.4, 0.5) is 18.0 Å². The molecule has 1 atom stereocenters. The van der Waals surface area contributed by atoms with Crippen molar-refractivity contribution in [3.63, 3.8) is 0 Å². The van der Waals surface area contributed by atoms with E-state index in [2.05, 4.69) is 5.32 Å². The summed E-state index contributed by atoms with van der Waals surface area (Å²) < 4.78 is 44.6. The highest BCUT2D eigenvalue weighted by Crippen LogP contribution is 2.32. The van der Waals surface area contributed by atoms with Crippen LogP contribution in [0.2, 0.25) is 0 Å². The van der Waals surface area contributed by atoms with Crippen molar-refractivity contribution in [3.8, 4) is 0 Å². The predicted molar refractivity (Wildman–Crippen MR) is 84.7 cm³/mol. The van der Waals surface area contributed by atoms with E-state index in [1.165, 1.54) is 12.1 Å². The molecule has 4 nitrogen and oxygen atoms in total. The summed E-state index contributed by atoms with van der Waals surface area (Å²) in [7, 11) is 0. The Morgan fingerprint density at radius 3 is 2.58 bits per heavy atom. The van der Waals surface area contributed by atoms with Gasteiger partial charge in [0.15, 0.2) is 0 Å². The van der Waals surface area contributed by atoms with Gasteiger partial charge in [0.05, 0.1) is 5.56 Å². The molecule has 0 spiro atoms. The van der Waals surface area contributed by atoms with Crippen molar-refractivity contribution in [1.29, 1.82) is 0 Å². The van der Waals surface area contributed by atoms with Crippen molar-refractivity contribution >= 4 is 6.09 Å². The van der Waals surface area contributed by atoms with E-state index in [-0.39, 0.29) is 18.0 Å². The minimum Gasteiger partial charge on any atom is -0.444 e. The minimum atomic E-state index is -4.38. The van der Waals surface area contributed by atoms with Gasteiger partial charge in [0.1, 0.15) is 5.60 Å². The Labute approximate surface area is 140 Å². The summed E-state index contributed by atoms with van der Waals surface area (Å²) in [5.74, 6) is 0. The zero-order valence-electron chi connectivity index (χ0n) is 14.1. The zero-order chi connectivity index (χ0) is 18.0. The molecule has 134 valence electrons. The SMILES string of the molecule is CC(C)(C)OC(=O)N1CCNC(Cc2ccccc2C(F)(F)F)C1. The van der Waals surface area contributed by atoms with Gasteiger partial charge in [-0.3, -0.25) is 0 Å². The Morgan fingerprint density at radius 2 is 1.96 bits per heavy atom. The van der Waals surface area contributed by atoms with Gasteiger partial charge in [-0.05, 0) is 38.8 Å². The topological polar surface area (TPSA) is 41.6 Å². The molecule has 1 aliphatic heterocycles. The third kappa shape index (κ3) is 5.12. The summed E-state index contributed by atoms with van der Waals surface area (Å²) >= 11 is 0. The van der Waals surface area contributed by atoms with E-state index in [0.717, 1.165) is 6.07 Å². The lowest BCUT2D eigenvalue weighted by molar-refractivity contribution is -0.138. The highest BCUT2D eigenvalue weighted by molar-refractivity contribution is 5.68. The number of ether oxygens (including phenoxy) is 1. The molecule has 1 fully saturated rings. The highest BCUT2D eigenvalue weighted by Gasteiger charge is 2.34. The largest absolute Gasteiger partial charge is 0.444 e. The van der Waals surface area contributed by atoms with Crippen LogP contribution >= 0.6 is 0 Å². The van der Waals surface area contributed by atoms with Crippen LogP contribution in [0.25, 0.3) is 0 Å². The van der Waals surface area contributed by atoms with Gasteiger partial charge in [0.2, 0.25) is 0 Å². The molecule has 7 heteroatoms. The van der Waals surface area contributed by atoms with Crippen molar-refractivity contribution in [3.05, 3.63) is 35.4 Å². The van der Waals surface area contributed by atoms with E-state index in [4.69, 9.17) is 4.74 Å². The van der Waals surface area contributed by atoms with Crippen LogP contribution in [0.1, 0.15) is 31.9 Å². The van der Waals surface area contributed by atoms with Crippen LogP contribution in [0.5, 0.6) is 0 Å². The lowest BCUT2D eigenvalue weighted by Gasteiger charge is -2.35. The Balaban J connectivity index is 2.05. The van der Waals surface area contributed by atoms with Gasteiger partial charge in [-0.15, -0.1) is 0 Å². The summed E-state index contributed by atoms with van der Waals surface area (Å²) in [6.45, 7) is 6.67. The van der Waals surface area contributed by atoms with E-state index >= 15 is 0 Å². The summed E-state index contributed by atoms with van der Waals surface area (Å²) in [5, 5.41) is 3.18. The van der Waals surface area contributed by atoms with Crippen molar-refractivity contribution in [2.75, 3.05) is 19.6 Å². The van der Waals surface area contributed by atoms with Gasteiger partial charge in [-0.2, -0.15) is 13.2 Å². The van der Waals surface area contributed by atoms with Gasteiger partial charge >= 0.3 is 12.3 Å². The Hall–Kier alpha value is -1.76. The monoisotopic (exact) mass is 344 g/mol. The molecule has 1 amide bonds. The molecule has 24 heavy (non-hydrogen) atoms. The molecule has 1 aliphatic rings. The fourth-order valence-corrected chi connectivity index (χ4v) is 2.69. The lowest BCUT2D eigenvalue weighted by Crippen LogP contribution is -2.54. The second-order valence-electron chi connectivity index (χ2n) is 6.94. The Bertz CT molecular complexity index is 582. The third-order valence-electron chi connectivity index (χ3n) is 3.70. The smallest absolute Gasteiger partial charge is 0.416 e. The molecule has 1 heterocycles. The number of nitrogens with one attached hydrogen (secondary N) is 1. The fraction of sp³-hybridized carbons (Fsp3) is 0.588. The minimum absolute atomic E-state index is 0.203. The number of hydrogen-bond acceptors (Lipinski definition) is 3. The number of nitrogens with zero attached hydrogens (tertiary/aromatic N) is 1. The molecule has 0 bridgehead atoms.